The van der Waals surface area contributed by atoms with Crippen molar-refractivity contribution in [2.45, 2.75) is 13.0 Å². The first-order chi connectivity index (χ1) is 16.9. The molecule has 0 spiro atoms. The third kappa shape index (κ3) is 6.47. The third-order valence-electron chi connectivity index (χ3n) is 5.31. The van der Waals surface area contributed by atoms with E-state index in [0.29, 0.717) is 28.5 Å². The Labute approximate surface area is 212 Å². The number of carbonyl (C=O) groups excluding carboxylic acids is 2. The maximum absolute atomic E-state index is 13.5. The van der Waals surface area contributed by atoms with E-state index < -0.39 is 5.82 Å². The Balaban J connectivity index is 1.55. The second-order valence-corrected chi connectivity index (χ2v) is 8.75. The van der Waals surface area contributed by atoms with Gasteiger partial charge in [0.2, 0.25) is 5.91 Å². The van der Waals surface area contributed by atoms with Crippen molar-refractivity contribution in [3.05, 3.63) is 130 Å². The minimum absolute atomic E-state index is 0.104. The Morgan fingerprint density at radius 3 is 2.23 bits per heavy atom. The van der Waals surface area contributed by atoms with Gasteiger partial charge in [-0.1, -0.05) is 71.7 Å². The minimum Gasteiger partial charge on any atom is -0.326 e. The van der Waals surface area contributed by atoms with Crippen molar-refractivity contribution in [3.8, 4) is 0 Å². The maximum atomic E-state index is 13.5. The first kappa shape index (κ1) is 24.5. The summed E-state index contributed by atoms with van der Waals surface area (Å²) in [5, 5.41) is 3.40. The Morgan fingerprint density at radius 2 is 1.54 bits per heavy atom. The SMILES string of the molecule is O=C(Cc1ccc(N(Cc2ccccc2)C(=O)c2ccc(Cl)cc2Cl)cc1)Nc1cccc(F)c1. The molecule has 0 aromatic heterocycles. The second kappa shape index (κ2) is 11.2. The number of halogens is 3. The van der Waals surface area contributed by atoms with Gasteiger partial charge in [-0.15, -0.1) is 0 Å². The molecule has 4 aromatic rings. The number of nitrogens with zero attached hydrogens (tertiary/aromatic N) is 1. The van der Waals surface area contributed by atoms with Crippen LogP contribution in [0.5, 0.6) is 0 Å². The molecule has 0 bridgehead atoms. The molecule has 4 aromatic carbocycles. The van der Waals surface area contributed by atoms with E-state index in [4.69, 9.17) is 23.2 Å². The maximum Gasteiger partial charge on any atom is 0.260 e. The fraction of sp³-hybridized carbons (Fsp3) is 0.0714. The number of nitrogens with one attached hydrogen (secondary N) is 1. The molecule has 0 saturated carbocycles. The van der Waals surface area contributed by atoms with Crippen LogP contribution in [0, 0.1) is 5.82 Å². The van der Waals surface area contributed by atoms with Crippen LogP contribution in [0.2, 0.25) is 10.0 Å². The molecule has 0 atom stereocenters. The highest BCUT2D eigenvalue weighted by Gasteiger charge is 2.21. The molecular weight excluding hydrogens is 486 g/mol. The van der Waals surface area contributed by atoms with Crippen LogP contribution in [-0.2, 0) is 17.8 Å². The smallest absolute Gasteiger partial charge is 0.260 e. The van der Waals surface area contributed by atoms with Gasteiger partial charge >= 0.3 is 0 Å². The van der Waals surface area contributed by atoms with Crippen molar-refractivity contribution in [2.24, 2.45) is 0 Å². The number of hydrogen-bond donors (Lipinski definition) is 1. The lowest BCUT2D eigenvalue weighted by atomic mass is 10.1. The number of benzene rings is 4. The van der Waals surface area contributed by atoms with Crippen LogP contribution in [0.1, 0.15) is 21.5 Å². The summed E-state index contributed by atoms with van der Waals surface area (Å²) in [5.74, 6) is -0.961. The van der Waals surface area contributed by atoms with E-state index in [-0.39, 0.29) is 23.3 Å². The summed E-state index contributed by atoms with van der Waals surface area (Å²) < 4.78 is 13.4. The summed E-state index contributed by atoms with van der Waals surface area (Å²) in [5.41, 5.74) is 3.08. The molecule has 2 amide bonds. The van der Waals surface area contributed by atoms with E-state index in [2.05, 4.69) is 5.32 Å². The molecule has 1 N–H and O–H groups in total. The first-order valence-electron chi connectivity index (χ1n) is 10.8. The molecule has 7 heteroatoms. The lowest BCUT2D eigenvalue weighted by molar-refractivity contribution is -0.115. The van der Waals surface area contributed by atoms with Crippen molar-refractivity contribution in [3.63, 3.8) is 0 Å². The molecule has 0 aliphatic heterocycles. The Morgan fingerprint density at radius 1 is 0.800 bits per heavy atom. The zero-order chi connectivity index (χ0) is 24.8. The standard InChI is InChI=1S/C28H21Cl2FN2O2/c29-21-11-14-25(26(30)16-21)28(35)33(18-20-5-2-1-3-6-20)24-12-9-19(10-13-24)15-27(34)32-23-8-4-7-22(31)17-23/h1-14,16-17H,15,18H2,(H,32,34). The van der Waals surface area contributed by atoms with Crippen molar-refractivity contribution in [1.29, 1.82) is 0 Å². The number of anilines is 2. The summed E-state index contributed by atoms with van der Waals surface area (Å²) in [6, 6.07) is 27.3. The molecule has 0 aliphatic carbocycles. The van der Waals surface area contributed by atoms with Gasteiger partial charge in [0, 0.05) is 16.4 Å². The average molecular weight is 507 g/mol. The van der Waals surface area contributed by atoms with Gasteiger partial charge in [-0.2, -0.15) is 0 Å². The van der Waals surface area contributed by atoms with E-state index in [0.717, 1.165) is 11.1 Å². The highest BCUT2D eigenvalue weighted by Crippen LogP contribution is 2.26. The third-order valence-corrected chi connectivity index (χ3v) is 5.86. The van der Waals surface area contributed by atoms with Gasteiger partial charge in [-0.25, -0.2) is 4.39 Å². The fourth-order valence-electron chi connectivity index (χ4n) is 3.61. The molecule has 0 radical (unpaired) electrons. The zero-order valence-electron chi connectivity index (χ0n) is 18.5. The molecule has 0 fully saturated rings. The molecule has 35 heavy (non-hydrogen) atoms. The predicted molar refractivity (Wildman–Crippen MR) is 139 cm³/mol. The average Bonchev–Trinajstić information content (AvgIpc) is 2.83. The Bertz CT molecular complexity index is 1340. The van der Waals surface area contributed by atoms with Crippen LogP contribution in [0.15, 0.2) is 97.1 Å². The minimum atomic E-state index is -0.420. The van der Waals surface area contributed by atoms with Crippen LogP contribution in [0.3, 0.4) is 0 Å². The summed E-state index contributed by atoms with van der Waals surface area (Å²) in [6.07, 6.45) is 0.104. The first-order valence-corrected chi connectivity index (χ1v) is 11.6. The number of rotatable bonds is 7. The van der Waals surface area contributed by atoms with Gasteiger partial charge in [-0.3, -0.25) is 9.59 Å². The number of carbonyl (C=O) groups is 2. The van der Waals surface area contributed by atoms with Crippen molar-refractivity contribution >= 4 is 46.4 Å². The van der Waals surface area contributed by atoms with Gasteiger partial charge < -0.3 is 10.2 Å². The predicted octanol–water partition coefficient (Wildman–Crippen LogP) is 7.16. The molecule has 0 unspecified atom stereocenters. The molecule has 0 heterocycles. The number of amides is 2. The fourth-order valence-corrected chi connectivity index (χ4v) is 4.09. The van der Waals surface area contributed by atoms with Gasteiger partial charge in [0.25, 0.3) is 5.91 Å². The molecule has 176 valence electrons. The van der Waals surface area contributed by atoms with Gasteiger partial charge in [0.15, 0.2) is 0 Å². The van der Waals surface area contributed by atoms with Crippen LogP contribution in [0.25, 0.3) is 0 Å². The van der Waals surface area contributed by atoms with Crippen molar-refractivity contribution in [2.75, 3.05) is 10.2 Å². The molecule has 4 nitrogen and oxygen atoms in total. The molecule has 0 saturated heterocycles. The zero-order valence-corrected chi connectivity index (χ0v) is 20.1. The van der Waals surface area contributed by atoms with Crippen LogP contribution < -0.4 is 10.2 Å². The summed E-state index contributed by atoms with van der Waals surface area (Å²) in [7, 11) is 0. The van der Waals surface area contributed by atoms with E-state index in [1.54, 1.807) is 47.4 Å². The molecular formula is C28H21Cl2FN2O2. The topological polar surface area (TPSA) is 49.4 Å². The number of hydrogen-bond acceptors (Lipinski definition) is 2. The molecule has 4 rings (SSSR count). The molecule has 0 aliphatic rings. The van der Waals surface area contributed by atoms with Gasteiger partial charge in [-0.05, 0) is 59.7 Å². The normalized spacial score (nSPS) is 10.6. The Hall–Kier alpha value is -3.67. The van der Waals surface area contributed by atoms with E-state index >= 15 is 0 Å². The van der Waals surface area contributed by atoms with Crippen molar-refractivity contribution in [1.82, 2.24) is 0 Å². The summed E-state index contributed by atoms with van der Waals surface area (Å²) in [4.78, 5) is 27.5. The van der Waals surface area contributed by atoms with Crippen LogP contribution in [0.4, 0.5) is 15.8 Å². The quantitative estimate of drug-likeness (QED) is 0.289. The monoisotopic (exact) mass is 506 g/mol. The van der Waals surface area contributed by atoms with Crippen molar-refractivity contribution < 1.29 is 14.0 Å². The summed E-state index contributed by atoms with van der Waals surface area (Å²) in [6.45, 7) is 0.331. The second-order valence-electron chi connectivity index (χ2n) is 7.90. The van der Waals surface area contributed by atoms with E-state index in [1.165, 1.54) is 24.3 Å². The van der Waals surface area contributed by atoms with Gasteiger partial charge in [0.1, 0.15) is 5.82 Å². The summed E-state index contributed by atoms with van der Waals surface area (Å²) >= 11 is 12.3. The van der Waals surface area contributed by atoms with Crippen LogP contribution >= 0.6 is 23.2 Å². The lowest BCUT2D eigenvalue weighted by Gasteiger charge is -2.24. The van der Waals surface area contributed by atoms with Crippen LogP contribution in [-0.4, -0.2) is 11.8 Å². The largest absolute Gasteiger partial charge is 0.326 e. The highest BCUT2D eigenvalue weighted by atomic mass is 35.5. The van der Waals surface area contributed by atoms with Gasteiger partial charge in [0.05, 0.1) is 23.6 Å². The van der Waals surface area contributed by atoms with E-state index in [9.17, 15) is 14.0 Å². The lowest BCUT2D eigenvalue weighted by Crippen LogP contribution is -2.30. The Kier molecular flexibility index (Phi) is 7.80. The van der Waals surface area contributed by atoms with E-state index in [1.807, 2.05) is 30.3 Å². The highest BCUT2D eigenvalue weighted by molar-refractivity contribution is 6.37.